The number of hydrogen-bond acceptors (Lipinski definition) is 3. The third-order valence-electron chi connectivity index (χ3n) is 4.17. The summed E-state index contributed by atoms with van der Waals surface area (Å²) in [6.45, 7) is 12.6. The molecule has 1 aliphatic rings. The van der Waals surface area contributed by atoms with Crippen molar-refractivity contribution in [1.82, 2.24) is 5.32 Å². The van der Waals surface area contributed by atoms with Crippen LogP contribution in [0.2, 0.25) is 0 Å². The average Bonchev–Trinajstić information content (AvgIpc) is 2.46. The molecule has 1 fully saturated rings. The van der Waals surface area contributed by atoms with Gasteiger partial charge in [0.25, 0.3) is 0 Å². The highest BCUT2D eigenvalue weighted by atomic mass is 16.5. The highest BCUT2D eigenvalue weighted by Crippen LogP contribution is 2.24. The molecule has 21 heavy (non-hydrogen) atoms. The fourth-order valence-corrected chi connectivity index (χ4v) is 2.93. The SMILES string of the molecule is CCOC1CCCN(c2ccc(CNC(C)C)c(C)c2)C1. The first-order chi connectivity index (χ1) is 10.1. The first-order valence-corrected chi connectivity index (χ1v) is 8.29. The highest BCUT2D eigenvalue weighted by molar-refractivity contribution is 5.51. The van der Waals surface area contributed by atoms with Crippen LogP contribution in [0.3, 0.4) is 0 Å². The summed E-state index contributed by atoms with van der Waals surface area (Å²) in [7, 11) is 0. The monoisotopic (exact) mass is 290 g/mol. The summed E-state index contributed by atoms with van der Waals surface area (Å²) < 4.78 is 5.80. The number of nitrogens with one attached hydrogen (secondary N) is 1. The van der Waals surface area contributed by atoms with Crippen LogP contribution in [0, 0.1) is 6.92 Å². The fraction of sp³-hybridized carbons (Fsp3) is 0.667. The van der Waals surface area contributed by atoms with E-state index in [1.807, 2.05) is 0 Å². The first-order valence-electron chi connectivity index (χ1n) is 8.29. The van der Waals surface area contributed by atoms with Gasteiger partial charge >= 0.3 is 0 Å². The maximum atomic E-state index is 5.80. The molecule has 0 radical (unpaired) electrons. The van der Waals surface area contributed by atoms with Gasteiger partial charge in [0.1, 0.15) is 0 Å². The second-order valence-electron chi connectivity index (χ2n) is 6.31. The predicted octanol–water partition coefficient (Wildman–Crippen LogP) is 3.50. The molecule has 2 rings (SSSR count). The van der Waals surface area contributed by atoms with Crippen molar-refractivity contribution in [3.05, 3.63) is 29.3 Å². The van der Waals surface area contributed by atoms with Crippen LogP contribution >= 0.6 is 0 Å². The van der Waals surface area contributed by atoms with E-state index in [0.717, 1.165) is 26.2 Å². The van der Waals surface area contributed by atoms with Crippen LogP contribution in [0.15, 0.2) is 18.2 Å². The van der Waals surface area contributed by atoms with Gasteiger partial charge in [0.15, 0.2) is 0 Å². The highest BCUT2D eigenvalue weighted by Gasteiger charge is 2.20. The average molecular weight is 290 g/mol. The van der Waals surface area contributed by atoms with Gasteiger partial charge in [-0.3, -0.25) is 0 Å². The number of nitrogens with zero attached hydrogens (tertiary/aromatic N) is 1. The Balaban J connectivity index is 2.01. The molecule has 0 aromatic heterocycles. The van der Waals surface area contributed by atoms with Crippen LogP contribution < -0.4 is 10.2 Å². The van der Waals surface area contributed by atoms with Crippen molar-refractivity contribution in [2.75, 3.05) is 24.6 Å². The Morgan fingerprint density at radius 3 is 2.86 bits per heavy atom. The maximum absolute atomic E-state index is 5.80. The molecular weight excluding hydrogens is 260 g/mol. The van der Waals surface area contributed by atoms with E-state index in [4.69, 9.17) is 4.74 Å². The Labute approximate surface area is 129 Å². The zero-order chi connectivity index (χ0) is 15.2. The van der Waals surface area contributed by atoms with Crippen molar-refractivity contribution in [1.29, 1.82) is 0 Å². The van der Waals surface area contributed by atoms with Crippen molar-refractivity contribution >= 4 is 5.69 Å². The second kappa shape index (κ2) is 7.81. The molecule has 3 nitrogen and oxygen atoms in total. The maximum Gasteiger partial charge on any atom is 0.0750 e. The van der Waals surface area contributed by atoms with Crippen molar-refractivity contribution in [3.63, 3.8) is 0 Å². The smallest absolute Gasteiger partial charge is 0.0750 e. The van der Waals surface area contributed by atoms with E-state index >= 15 is 0 Å². The molecule has 1 aromatic carbocycles. The first kappa shape index (κ1) is 16.3. The Morgan fingerprint density at radius 1 is 1.38 bits per heavy atom. The third kappa shape index (κ3) is 4.72. The molecule has 1 unspecified atom stereocenters. The molecule has 3 heteroatoms. The molecule has 0 saturated carbocycles. The van der Waals surface area contributed by atoms with Crippen molar-refractivity contribution in [2.45, 2.75) is 59.2 Å². The number of anilines is 1. The van der Waals surface area contributed by atoms with Gasteiger partial charge < -0.3 is 15.0 Å². The van der Waals surface area contributed by atoms with Gasteiger partial charge in [0.2, 0.25) is 0 Å². The Kier molecular flexibility index (Phi) is 6.07. The van der Waals surface area contributed by atoms with Crippen LogP contribution in [-0.4, -0.2) is 31.8 Å². The van der Waals surface area contributed by atoms with E-state index < -0.39 is 0 Å². The summed E-state index contributed by atoms with van der Waals surface area (Å²) in [5, 5.41) is 3.49. The number of ether oxygens (including phenoxy) is 1. The van der Waals surface area contributed by atoms with Crippen molar-refractivity contribution < 1.29 is 4.74 Å². The summed E-state index contributed by atoms with van der Waals surface area (Å²) in [6.07, 6.45) is 2.81. The van der Waals surface area contributed by atoms with Crippen molar-refractivity contribution in [3.8, 4) is 0 Å². The molecule has 1 heterocycles. The summed E-state index contributed by atoms with van der Waals surface area (Å²) in [4.78, 5) is 2.47. The van der Waals surface area contributed by atoms with Crippen LogP contribution in [0.5, 0.6) is 0 Å². The largest absolute Gasteiger partial charge is 0.377 e. The Hall–Kier alpha value is -1.06. The molecule has 0 amide bonds. The molecule has 0 spiro atoms. The van der Waals surface area contributed by atoms with E-state index in [0.29, 0.717) is 12.1 Å². The quantitative estimate of drug-likeness (QED) is 0.868. The number of aryl methyl sites for hydroxylation is 1. The van der Waals surface area contributed by atoms with Gasteiger partial charge in [-0.2, -0.15) is 0 Å². The molecule has 1 saturated heterocycles. The van der Waals surface area contributed by atoms with Crippen molar-refractivity contribution in [2.24, 2.45) is 0 Å². The molecule has 1 aromatic rings. The van der Waals surface area contributed by atoms with Gasteiger partial charge in [-0.15, -0.1) is 0 Å². The molecule has 0 aliphatic carbocycles. The van der Waals surface area contributed by atoms with Crippen LogP contribution in [0.4, 0.5) is 5.69 Å². The predicted molar refractivity (Wildman–Crippen MR) is 90.0 cm³/mol. The normalized spacial score (nSPS) is 19.3. The van der Waals surface area contributed by atoms with Crippen LogP contribution in [0.1, 0.15) is 44.7 Å². The third-order valence-corrected chi connectivity index (χ3v) is 4.17. The zero-order valence-corrected chi connectivity index (χ0v) is 14.0. The molecule has 1 atom stereocenters. The second-order valence-corrected chi connectivity index (χ2v) is 6.31. The lowest BCUT2D eigenvalue weighted by Crippen LogP contribution is -2.39. The number of hydrogen-bond donors (Lipinski definition) is 1. The van der Waals surface area contributed by atoms with Gasteiger partial charge in [-0.25, -0.2) is 0 Å². The van der Waals surface area contributed by atoms with E-state index in [2.05, 4.69) is 56.1 Å². The fourth-order valence-electron chi connectivity index (χ4n) is 2.93. The van der Waals surface area contributed by atoms with E-state index in [9.17, 15) is 0 Å². The van der Waals surface area contributed by atoms with Crippen LogP contribution in [0.25, 0.3) is 0 Å². The Morgan fingerprint density at radius 2 is 2.19 bits per heavy atom. The Bertz CT molecular complexity index is 443. The molecular formula is C18H30N2O. The summed E-state index contributed by atoms with van der Waals surface area (Å²) in [5.74, 6) is 0. The number of benzene rings is 1. The number of rotatable bonds is 6. The molecule has 118 valence electrons. The minimum Gasteiger partial charge on any atom is -0.377 e. The van der Waals surface area contributed by atoms with Gasteiger partial charge in [-0.05, 0) is 49.9 Å². The van der Waals surface area contributed by atoms with Gasteiger partial charge in [0.05, 0.1) is 6.10 Å². The minimum absolute atomic E-state index is 0.395. The lowest BCUT2D eigenvalue weighted by Gasteiger charge is -2.34. The summed E-state index contributed by atoms with van der Waals surface area (Å²) in [5.41, 5.74) is 4.11. The van der Waals surface area contributed by atoms with Gasteiger partial charge in [-0.1, -0.05) is 19.9 Å². The van der Waals surface area contributed by atoms with E-state index in [-0.39, 0.29) is 0 Å². The lowest BCUT2D eigenvalue weighted by atomic mass is 10.0. The zero-order valence-electron chi connectivity index (χ0n) is 14.0. The summed E-state index contributed by atoms with van der Waals surface area (Å²) >= 11 is 0. The molecule has 0 bridgehead atoms. The van der Waals surface area contributed by atoms with E-state index in [1.165, 1.54) is 29.7 Å². The standard InChI is InChI=1S/C18H30N2O/c1-5-21-18-7-6-10-20(13-18)17-9-8-16(15(4)11-17)12-19-14(2)3/h8-9,11,14,18-19H,5-7,10,12-13H2,1-4H3. The summed E-state index contributed by atoms with van der Waals surface area (Å²) in [6, 6.07) is 7.38. The van der Waals surface area contributed by atoms with Crippen LogP contribution in [-0.2, 0) is 11.3 Å². The minimum atomic E-state index is 0.395. The van der Waals surface area contributed by atoms with Gasteiger partial charge in [0, 0.05) is 38.0 Å². The molecule has 1 aliphatic heterocycles. The topological polar surface area (TPSA) is 24.5 Å². The lowest BCUT2D eigenvalue weighted by molar-refractivity contribution is 0.0527. The molecule has 1 N–H and O–H groups in total. The van der Waals surface area contributed by atoms with E-state index in [1.54, 1.807) is 0 Å². The number of piperidine rings is 1.